The minimum absolute atomic E-state index is 0.0280. The second-order valence-corrected chi connectivity index (χ2v) is 4.55. The van der Waals surface area contributed by atoms with Crippen molar-refractivity contribution in [1.29, 1.82) is 0 Å². The SMILES string of the molecule is CC(CO)(CO)NC(=O)/C=C/c1ccc([N+](=O)[O-])cc1. The van der Waals surface area contributed by atoms with Gasteiger partial charge in [-0.3, -0.25) is 14.9 Å². The highest BCUT2D eigenvalue weighted by Crippen LogP contribution is 2.12. The minimum Gasteiger partial charge on any atom is -0.394 e. The molecule has 0 saturated carbocycles. The highest BCUT2D eigenvalue weighted by molar-refractivity contribution is 5.92. The fraction of sp³-hybridized carbons (Fsp3) is 0.308. The van der Waals surface area contributed by atoms with Crippen molar-refractivity contribution in [3.63, 3.8) is 0 Å². The molecule has 0 unspecified atom stereocenters. The van der Waals surface area contributed by atoms with Crippen LogP contribution in [0.2, 0.25) is 0 Å². The number of carbonyl (C=O) groups excluding carboxylic acids is 1. The molecule has 1 amide bonds. The normalized spacial score (nSPS) is 11.6. The number of non-ortho nitro benzene ring substituents is 1. The second-order valence-electron chi connectivity index (χ2n) is 4.55. The summed E-state index contributed by atoms with van der Waals surface area (Å²) in [5.74, 6) is -0.478. The van der Waals surface area contributed by atoms with E-state index in [0.717, 1.165) is 0 Å². The largest absolute Gasteiger partial charge is 0.394 e. The van der Waals surface area contributed by atoms with Gasteiger partial charge in [-0.05, 0) is 30.7 Å². The molecule has 20 heavy (non-hydrogen) atoms. The van der Waals surface area contributed by atoms with Crippen LogP contribution < -0.4 is 5.32 Å². The van der Waals surface area contributed by atoms with Crippen molar-refractivity contribution in [2.75, 3.05) is 13.2 Å². The maximum atomic E-state index is 11.6. The Morgan fingerprint density at radius 3 is 2.35 bits per heavy atom. The highest BCUT2D eigenvalue weighted by atomic mass is 16.6. The number of benzene rings is 1. The van der Waals surface area contributed by atoms with Crippen molar-refractivity contribution in [1.82, 2.24) is 5.32 Å². The first-order valence-corrected chi connectivity index (χ1v) is 5.86. The Hall–Kier alpha value is -2.25. The summed E-state index contributed by atoms with van der Waals surface area (Å²) in [5, 5.41) is 31.0. The highest BCUT2D eigenvalue weighted by Gasteiger charge is 2.23. The molecular formula is C13H16N2O5. The molecule has 7 heteroatoms. The van der Waals surface area contributed by atoms with Crippen LogP contribution in [0.4, 0.5) is 5.69 Å². The molecule has 0 fully saturated rings. The van der Waals surface area contributed by atoms with E-state index in [9.17, 15) is 14.9 Å². The third-order valence-electron chi connectivity index (χ3n) is 2.65. The van der Waals surface area contributed by atoms with Gasteiger partial charge in [0.25, 0.3) is 5.69 Å². The number of rotatable bonds is 6. The average Bonchev–Trinajstić information content (AvgIpc) is 2.45. The fourth-order valence-corrected chi connectivity index (χ4v) is 1.35. The number of aliphatic hydroxyl groups excluding tert-OH is 2. The van der Waals surface area contributed by atoms with Gasteiger partial charge in [0, 0.05) is 18.2 Å². The van der Waals surface area contributed by atoms with E-state index in [1.165, 1.54) is 43.3 Å². The standard InChI is InChI=1S/C13H16N2O5/c1-13(8-16,9-17)14-12(18)7-4-10-2-5-11(6-3-10)15(19)20/h2-7,16-17H,8-9H2,1H3,(H,14,18)/b7-4+. The Morgan fingerprint density at radius 1 is 1.35 bits per heavy atom. The van der Waals surface area contributed by atoms with Gasteiger partial charge >= 0.3 is 0 Å². The predicted octanol–water partition coefficient (Wildman–Crippen LogP) is 0.467. The summed E-state index contributed by atoms with van der Waals surface area (Å²) in [7, 11) is 0. The molecule has 1 rings (SSSR count). The van der Waals surface area contributed by atoms with Crippen molar-refractivity contribution >= 4 is 17.7 Å². The van der Waals surface area contributed by atoms with Crippen molar-refractivity contribution in [2.45, 2.75) is 12.5 Å². The third-order valence-corrected chi connectivity index (χ3v) is 2.65. The van der Waals surface area contributed by atoms with Crippen LogP contribution in [0.15, 0.2) is 30.3 Å². The van der Waals surface area contributed by atoms with Crippen molar-refractivity contribution in [3.8, 4) is 0 Å². The van der Waals surface area contributed by atoms with Crippen LogP contribution in [0.3, 0.4) is 0 Å². The van der Waals surface area contributed by atoms with Crippen LogP contribution in [0.5, 0.6) is 0 Å². The third kappa shape index (κ3) is 4.45. The molecule has 3 N–H and O–H groups in total. The Kier molecular flexibility index (Phi) is 5.36. The Labute approximate surface area is 115 Å². The lowest BCUT2D eigenvalue weighted by Gasteiger charge is -2.25. The van der Waals surface area contributed by atoms with Gasteiger partial charge in [0.05, 0.1) is 23.7 Å². The fourth-order valence-electron chi connectivity index (χ4n) is 1.35. The first kappa shape index (κ1) is 15.8. The van der Waals surface area contributed by atoms with Crippen LogP contribution in [-0.2, 0) is 4.79 Å². The molecule has 0 atom stereocenters. The van der Waals surface area contributed by atoms with E-state index >= 15 is 0 Å². The number of hydrogen-bond donors (Lipinski definition) is 3. The van der Waals surface area contributed by atoms with Crippen LogP contribution >= 0.6 is 0 Å². The molecule has 0 aliphatic carbocycles. The van der Waals surface area contributed by atoms with Crippen molar-refractivity contribution in [3.05, 3.63) is 46.0 Å². The van der Waals surface area contributed by atoms with Gasteiger partial charge in [0.2, 0.25) is 5.91 Å². The molecule has 1 aromatic rings. The Morgan fingerprint density at radius 2 is 1.90 bits per heavy atom. The van der Waals surface area contributed by atoms with Gasteiger partial charge in [0.1, 0.15) is 0 Å². The lowest BCUT2D eigenvalue weighted by atomic mass is 10.1. The molecule has 0 heterocycles. The molecule has 0 aromatic heterocycles. The van der Waals surface area contributed by atoms with Crippen LogP contribution in [-0.4, -0.2) is 39.8 Å². The molecule has 0 spiro atoms. The average molecular weight is 280 g/mol. The Balaban J connectivity index is 2.68. The summed E-state index contributed by atoms with van der Waals surface area (Å²) >= 11 is 0. The molecule has 0 aliphatic rings. The first-order valence-electron chi connectivity index (χ1n) is 5.86. The number of nitro benzene ring substituents is 1. The van der Waals surface area contributed by atoms with Crippen molar-refractivity contribution < 1.29 is 19.9 Å². The second kappa shape index (κ2) is 6.78. The molecule has 7 nitrogen and oxygen atoms in total. The van der Waals surface area contributed by atoms with E-state index in [4.69, 9.17) is 10.2 Å². The topological polar surface area (TPSA) is 113 Å². The summed E-state index contributed by atoms with van der Waals surface area (Å²) in [6, 6.07) is 5.70. The van der Waals surface area contributed by atoms with Gasteiger partial charge in [-0.15, -0.1) is 0 Å². The van der Waals surface area contributed by atoms with E-state index in [1.807, 2.05) is 0 Å². The lowest BCUT2D eigenvalue weighted by Crippen LogP contribution is -2.51. The zero-order valence-electron chi connectivity index (χ0n) is 10.9. The van der Waals surface area contributed by atoms with Gasteiger partial charge in [-0.2, -0.15) is 0 Å². The van der Waals surface area contributed by atoms with E-state index in [2.05, 4.69) is 5.32 Å². The van der Waals surface area contributed by atoms with E-state index in [0.29, 0.717) is 5.56 Å². The molecule has 0 saturated heterocycles. The number of nitrogens with one attached hydrogen (secondary N) is 1. The number of hydrogen-bond acceptors (Lipinski definition) is 5. The first-order chi connectivity index (χ1) is 9.40. The summed E-state index contributed by atoms with van der Waals surface area (Å²) in [5.41, 5.74) is -0.489. The molecular weight excluding hydrogens is 264 g/mol. The summed E-state index contributed by atoms with van der Waals surface area (Å²) < 4.78 is 0. The Bertz CT molecular complexity index is 506. The predicted molar refractivity (Wildman–Crippen MR) is 72.8 cm³/mol. The van der Waals surface area contributed by atoms with Crippen LogP contribution in [0.25, 0.3) is 6.08 Å². The van der Waals surface area contributed by atoms with Crippen molar-refractivity contribution in [2.24, 2.45) is 0 Å². The minimum atomic E-state index is -1.09. The molecule has 0 bridgehead atoms. The van der Waals surface area contributed by atoms with Crippen LogP contribution in [0, 0.1) is 10.1 Å². The molecule has 1 aromatic carbocycles. The molecule has 0 aliphatic heterocycles. The summed E-state index contributed by atoms with van der Waals surface area (Å²) in [6.45, 7) is 0.728. The number of nitro groups is 1. The summed E-state index contributed by atoms with van der Waals surface area (Å²) in [6.07, 6.45) is 2.71. The van der Waals surface area contributed by atoms with Gasteiger partial charge < -0.3 is 15.5 Å². The zero-order chi connectivity index (χ0) is 15.2. The smallest absolute Gasteiger partial charge is 0.269 e. The number of amides is 1. The lowest BCUT2D eigenvalue weighted by molar-refractivity contribution is -0.384. The maximum absolute atomic E-state index is 11.6. The van der Waals surface area contributed by atoms with Gasteiger partial charge in [-0.25, -0.2) is 0 Å². The van der Waals surface area contributed by atoms with E-state index in [-0.39, 0.29) is 18.9 Å². The maximum Gasteiger partial charge on any atom is 0.269 e. The molecule has 0 radical (unpaired) electrons. The number of carbonyl (C=O) groups is 1. The van der Waals surface area contributed by atoms with Crippen LogP contribution in [0.1, 0.15) is 12.5 Å². The quantitative estimate of drug-likeness (QED) is 0.398. The number of aliphatic hydroxyl groups is 2. The van der Waals surface area contributed by atoms with Gasteiger partial charge in [0.15, 0.2) is 0 Å². The summed E-state index contributed by atoms with van der Waals surface area (Å²) in [4.78, 5) is 21.6. The monoisotopic (exact) mass is 280 g/mol. The zero-order valence-corrected chi connectivity index (χ0v) is 10.9. The van der Waals surface area contributed by atoms with Gasteiger partial charge in [-0.1, -0.05) is 0 Å². The number of nitrogens with zero attached hydrogens (tertiary/aromatic N) is 1. The van der Waals surface area contributed by atoms with E-state index in [1.54, 1.807) is 0 Å². The van der Waals surface area contributed by atoms with E-state index < -0.39 is 16.4 Å². The molecule has 108 valence electrons.